The molecule has 1 aromatic heterocycles. The van der Waals surface area contributed by atoms with Crippen LogP contribution in [-0.4, -0.2) is 47.9 Å². The van der Waals surface area contributed by atoms with Crippen molar-refractivity contribution in [2.24, 2.45) is 5.92 Å². The van der Waals surface area contributed by atoms with Gasteiger partial charge in [-0.05, 0) is 52.2 Å². The molecule has 1 atom stereocenters. The molecule has 0 bridgehead atoms. The van der Waals surface area contributed by atoms with E-state index >= 15 is 0 Å². The van der Waals surface area contributed by atoms with Crippen molar-refractivity contribution in [3.63, 3.8) is 0 Å². The van der Waals surface area contributed by atoms with Gasteiger partial charge in [-0.25, -0.2) is 0 Å². The quantitative estimate of drug-likeness (QED) is 0.760. The molecule has 4 nitrogen and oxygen atoms in total. The van der Waals surface area contributed by atoms with E-state index in [0.29, 0.717) is 6.04 Å². The van der Waals surface area contributed by atoms with Crippen LogP contribution in [0.3, 0.4) is 0 Å². The van der Waals surface area contributed by atoms with E-state index in [4.69, 9.17) is 11.6 Å². The normalized spacial score (nSPS) is 16.9. The summed E-state index contributed by atoms with van der Waals surface area (Å²) in [6.45, 7) is 5.13. The third kappa shape index (κ3) is 4.47. The summed E-state index contributed by atoms with van der Waals surface area (Å²) in [4.78, 5) is 2.17. The molecule has 5 heteroatoms. The van der Waals surface area contributed by atoms with E-state index in [1.165, 1.54) is 18.5 Å². The molecule has 1 unspecified atom stereocenters. The first-order valence-electron chi connectivity index (χ1n) is 7.70. The van der Waals surface area contributed by atoms with Crippen LogP contribution in [0, 0.1) is 5.92 Å². The van der Waals surface area contributed by atoms with Crippen molar-refractivity contribution in [1.82, 2.24) is 20.0 Å². The molecule has 1 aromatic rings. The second-order valence-electron chi connectivity index (χ2n) is 6.01. The zero-order valence-electron chi connectivity index (χ0n) is 12.9. The van der Waals surface area contributed by atoms with Crippen LogP contribution in [-0.2, 0) is 13.0 Å². The summed E-state index contributed by atoms with van der Waals surface area (Å²) >= 11 is 6.30. The number of nitrogens with one attached hydrogen (secondary N) is 1. The predicted octanol–water partition coefficient (Wildman–Crippen LogP) is 2.42. The lowest BCUT2D eigenvalue weighted by atomic mass is 10.0. The lowest BCUT2D eigenvalue weighted by Crippen LogP contribution is -2.31. The van der Waals surface area contributed by atoms with E-state index in [9.17, 15) is 0 Å². The first-order chi connectivity index (χ1) is 9.61. The Morgan fingerprint density at radius 1 is 1.50 bits per heavy atom. The molecular weight excluding hydrogens is 272 g/mol. The van der Waals surface area contributed by atoms with Crippen molar-refractivity contribution in [1.29, 1.82) is 0 Å². The molecule has 0 radical (unpaired) electrons. The highest BCUT2D eigenvalue weighted by Gasteiger charge is 2.30. The van der Waals surface area contributed by atoms with Crippen LogP contribution in [0.2, 0.25) is 5.02 Å². The average Bonchev–Trinajstić information content (AvgIpc) is 3.18. The molecule has 114 valence electrons. The standard InChI is InChI=1S/C15H27ClN4/c1-4-17-14(12-5-6-12)7-8-15-13(16)11-18-20(15)10-9-19(2)3/h11-12,14,17H,4-10H2,1-3H3. The van der Waals surface area contributed by atoms with Crippen LogP contribution < -0.4 is 5.32 Å². The van der Waals surface area contributed by atoms with Crippen LogP contribution >= 0.6 is 11.6 Å². The third-order valence-corrected chi connectivity index (χ3v) is 4.32. The molecule has 0 spiro atoms. The SMILES string of the molecule is CCNC(CCc1c(Cl)cnn1CCN(C)C)C1CC1. The number of hydrogen-bond donors (Lipinski definition) is 1. The zero-order chi connectivity index (χ0) is 14.5. The van der Waals surface area contributed by atoms with E-state index in [0.717, 1.165) is 43.4 Å². The van der Waals surface area contributed by atoms with Gasteiger partial charge in [0.15, 0.2) is 0 Å². The first kappa shape index (κ1) is 15.8. The van der Waals surface area contributed by atoms with Crippen molar-refractivity contribution in [2.75, 3.05) is 27.2 Å². The largest absolute Gasteiger partial charge is 0.314 e. The van der Waals surface area contributed by atoms with Crippen molar-refractivity contribution in [2.45, 2.75) is 45.2 Å². The van der Waals surface area contributed by atoms with Crippen molar-refractivity contribution in [3.05, 3.63) is 16.9 Å². The van der Waals surface area contributed by atoms with Crippen LogP contribution in [0.1, 0.15) is 31.9 Å². The molecule has 1 N–H and O–H groups in total. The van der Waals surface area contributed by atoms with Crippen LogP contribution in [0.5, 0.6) is 0 Å². The fourth-order valence-electron chi connectivity index (χ4n) is 2.68. The van der Waals surface area contributed by atoms with Gasteiger partial charge in [-0.1, -0.05) is 18.5 Å². The zero-order valence-corrected chi connectivity index (χ0v) is 13.7. The fourth-order valence-corrected chi connectivity index (χ4v) is 2.92. The van der Waals surface area contributed by atoms with Crippen LogP contribution in [0.25, 0.3) is 0 Å². The maximum Gasteiger partial charge on any atom is 0.0817 e. The topological polar surface area (TPSA) is 33.1 Å². The Kier molecular flexibility index (Phi) is 5.87. The highest BCUT2D eigenvalue weighted by molar-refractivity contribution is 6.31. The Hall–Kier alpha value is -0.580. The van der Waals surface area contributed by atoms with Gasteiger partial charge in [-0.15, -0.1) is 0 Å². The second kappa shape index (κ2) is 7.43. The number of likely N-dealkylation sites (N-methyl/N-ethyl adjacent to an activating group) is 1. The van der Waals surface area contributed by atoms with E-state index in [1.54, 1.807) is 6.20 Å². The summed E-state index contributed by atoms with van der Waals surface area (Å²) in [5, 5.41) is 8.84. The maximum absolute atomic E-state index is 6.30. The van der Waals surface area contributed by atoms with Crippen LogP contribution in [0.15, 0.2) is 6.20 Å². The van der Waals surface area contributed by atoms with Crippen LogP contribution in [0.4, 0.5) is 0 Å². The predicted molar refractivity (Wildman–Crippen MR) is 84.3 cm³/mol. The van der Waals surface area contributed by atoms with Gasteiger partial charge in [0.2, 0.25) is 0 Å². The molecule has 0 aromatic carbocycles. The molecule has 0 amide bonds. The number of aromatic nitrogens is 2. The highest BCUT2D eigenvalue weighted by Crippen LogP contribution is 2.34. The molecule has 1 heterocycles. The number of halogens is 1. The summed E-state index contributed by atoms with van der Waals surface area (Å²) in [6, 6.07) is 0.647. The monoisotopic (exact) mass is 298 g/mol. The Bertz CT molecular complexity index is 412. The Morgan fingerprint density at radius 2 is 2.25 bits per heavy atom. The van der Waals surface area contributed by atoms with Gasteiger partial charge in [0, 0.05) is 12.6 Å². The van der Waals surface area contributed by atoms with Gasteiger partial charge < -0.3 is 10.2 Å². The van der Waals surface area contributed by atoms with Crippen molar-refractivity contribution >= 4 is 11.6 Å². The minimum absolute atomic E-state index is 0.647. The van der Waals surface area contributed by atoms with Gasteiger partial charge in [0.25, 0.3) is 0 Å². The Morgan fingerprint density at radius 3 is 2.85 bits per heavy atom. The number of hydrogen-bond acceptors (Lipinski definition) is 3. The lowest BCUT2D eigenvalue weighted by molar-refractivity contribution is 0.366. The van der Waals surface area contributed by atoms with Gasteiger partial charge in [-0.2, -0.15) is 5.10 Å². The Balaban J connectivity index is 1.91. The first-order valence-corrected chi connectivity index (χ1v) is 8.08. The molecule has 1 aliphatic carbocycles. The van der Waals surface area contributed by atoms with Gasteiger partial charge >= 0.3 is 0 Å². The summed E-state index contributed by atoms with van der Waals surface area (Å²) in [5.41, 5.74) is 1.19. The highest BCUT2D eigenvalue weighted by atomic mass is 35.5. The fraction of sp³-hybridized carbons (Fsp3) is 0.800. The molecule has 20 heavy (non-hydrogen) atoms. The van der Waals surface area contributed by atoms with E-state index in [-0.39, 0.29) is 0 Å². The Labute approximate surface area is 127 Å². The molecular formula is C15H27ClN4. The number of nitrogens with zero attached hydrogens (tertiary/aromatic N) is 3. The van der Waals surface area contributed by atoms with E-state index in [2.05, 4.69) is 41.0 Å². The molecule has 1 saturated carbocycles. The van der Waals surface area contributed by atoms with E-state index < -0.39 is 0 Å². The summed E-state index contributed by atoms with van der Waals surface area (Å²) in [6.07, 6.45) is 6.72. The number of rotatable bonds is 9. The smallest absolute Gasteiger partial charge is 0.0817 e. The second-order valence-corrected chi connectivity index (χ2v) is 6.41. The average molecular weight is 299 g/mol. The molecule has 2 rings (SSSR count). The van der Waals surface area contributed by atoms with Gasteiger partial charge in [0.05, 0.1) is 23.5 Å². The molecule has 1 fully saturated rings. The summed E-state index contributed by atoms with van der Waals surface area (Å²) in [5.74, 6) is 0.881. The minimum Gasteiger partial charge on any atom is -0.314 e. The van der Waals surface area contributed by atoms with Gasteiger partial charge in [0.1, 0.15) is 0 Å². The lowest BCUT2D eigenvalue weighted by Gasteiger charge is -2.18. The van der Waals surface area contributed by atoms with Gasteiger partial charge in [-0.3, -0.25) is 4.68 Å². The molecule has 1 aliphatic rings. The maximum atomic E-state index is 6.30. The molecule has 0 aliphatic heterocycles. The minimum atomic E-state index is 0.647. The third-order valence-electron chi connectivity index (χ3n) is 4.01. The van der Waals surface area contributed by atoms with E-state index in [1.807, 2.05) is 0 Å². The summed E-state index contributed by atoms with van der Waals surface area (Å²) < 4.78 is 2.07. The van der Waals surface area contributed by atoms with Crippen molar-refractivity contribution < 1.29 is 0 Å². The van der Waals surface area contributed by atoms with Crippen molar-refractivity contribution in [3.8, 4) is 0 Å². The summed E-state index contributed by atoms with van der Waals surface area (Å²) in [7, 11) is 4.16. The molecule has 0 saturated heterocycles.